The zero-order valence-electron chi connectivity index (χ0n) is 17.7. The molecule has 1 aliphatic heterocycles. The number of carbonyl (C=O) groups excluding carboxylic acids is 1. The molecule has 0 radical (unpaired) electrons. The predicted octanol–water partition coefficient (Wildman–Crippen LogP) is 3.90. The highest BCUT2D eigenvalue weighted by atomic mass is 19.1. The van der Waals surface area contributed by atoms with Crippen molar-refractivity contribution in [2.24, 2.45) is 0 Å². The van der Waals surface area contributed by atoms with E-state index in [2.05, 4.69) is 21.8 Å². The number of rotatable bonds is 6. The standard InChI is InChI=1S/C24H26FN5O/c1-2-3-12-29-13-15-30(16-14-29)24(31)21-17-27-23(19-4-6-20(25)7-5-19)28-22(21)18-8-10-26-11-9-18/h4-11,17H,2-3,12-16H2,1H3. The van der Waals surface area contributed by atoms with Crippen molar-refractivity contribution in [3.8, 4) is 22.6 Å². The number of pyridine rings is 1. The summed E-state index contributed by atoms with van der Waals surface area (Å²) < 4.78 is 13.3. The second-order valence-corrected chi connectivity index (χ2v) is 7.69. The molecule has 1 saturated heterocycles. The van der Waals surface area contributed by atoms with E-state index in [0.717, 1.165) is 25.2 Å². The highest BCUT2D eigenvalue weighted by Gasteiger charge is 2.25. The first-order valence-corrected chi connectivity index (χ1v) is 10.7. The van der Waals surface area contributed by atoms with Gasteiger partial charge in [-0.25, -0.2) is 14.4 Å². The molecule has 0 unspecified atom stereocenters. The van der Waals surface area contributed by atoms with Crippen LogP contribution in [0.3, 0.4) is 0 Å². The van der Waals surface area contributed by atoms with Crippen molar-refractivity contribution in [2.75, 3.05) is 32.7 Å². The minimum atomic E-state index is -0.317. The highest BCUT2D eigenvalue weighted by Crippen LogP contribution is 2.26. The molecule has 1 fully saturated rings. The summed E-state index contributed by atoms with van der Waals surface area (Å²) in [6, 6.07) is 9.69. The fraction of sp³-hybridized carbons (Fsp3) is 0.333. The van der Waals surface area contributed by atoms with Crippen molar-refractivity contribution < 1.29 is 9.18 Å². The molecule has 2 aromatic heterocycles. The molecule has 4 rings (SSSR count). The number of unbranched alkanes of at least 4 members (excludes halogenated alkanes) is 1. The number of nitrogens with zero attached hydrogens (tertiary/aromatic N) is 5. The Labute approximate surface area is 181 Å². The smallest absolute Gasteiger partial charge is 0.257 e. The van der Waals surface area contributed by atoms with E-state index in [0.29, 0.717) is 35.7 Å². The van der Waals surface area contributed by atoms with E-state index in [4.69, 9.17) is 4.98 Å². The van der Waals surface area contributed by atoms with Crippen LogP contribution in [0.25, 0.3) is 22.6 Å². The lowest BCUT2D eigenvalue weighted by Crippen LogP contribution is -2.49. The van der Waals surface area contributed by atoms with Gasteiger partial charge < -0.3 is 4.90 Å². The second kappa shape index (κ2) is 9.75. The van der Waals surface area contributed by atoms with Gasteiger partial charge in [0, 0.05) is 55.9 Å². The minimum Gasteiger partial charge on any atom is -0.336 e. The van der Waals surface area contributed by atoms with Crippen molar-refractivity contribution in [2.45, 2.75) is 19.8 Å². The average molecular weight is 420 g/mol. The molecule has 3 heterocycles. The zero-order chi connectivity index (χ0) is 21.6. The fourth-order valence-electron chi connectivity index (χ4n) is 3.73. The molecule has 7 heteroatoms. The van der Waals surface area contributed by atoms with Crippen LogP contribution in [0.15, 0.2) is 55.0 Å². The summed E-state index contributed by atoms with van der Waals surface area (Å²) in [7, 11) is 0. The maximum atomic E-state index is 13.4. The van der Waals surface area contributed by atoms with Crippen LogP contribution >= 0.6 is 0 Å². The van der Waals surface area contributed by atoms with E-state index >= 15 is 0 Å². The largest absolute Gasteiger partial charge is 0.336 e. The second-order valence-electron chi connectivity index (χ2n) is 7.69. The Balaban J connectivity index is 1.62. The van der Waals surface area contributed by atoms with Crippen molar-refractivity contribution >= 4 is 5.91 Å². The van der Waals surface area contributed by atoms with Gasteiger partial charge in [-0.15, -0.1) is 0 Å². The van der Waals surface area contributed by atoms with Gasteiger partial charge in [0.2, 0.25) is 0 Å². The molecule has 31 heavy (non-hydrogen) atoms. The fourth-order valence-corrected chi connectivity index (χ4v) is 3.73. The van der Waals surface area contributed by atoms with Gasteiger partial charge in [-0.2, -0.15) is 0 Å². The van der Waals surface area contributed by atoms with Crippen molar-refractivity contribution in [1.29, 1.82) is 0 Å². The van der Waals surface area contributed by atoms with Crippen molar-refractivity contribution in [3.63, 3.8) is 0 Å². The first-order chi connectivity index (χ1) is 15.2. The summed E-state index contributed by atoms with van der Waals surface area (Å²) in [5, 5.41) is 0. The Morgan fingerprint density at radius 2 is 1.71 bits per heavy atom. The van der Waals surface area contributed by atoms with Gasteiger partial charge >= 0.3 is 0 Å². The van der Waals surface area contributed by atoms with Crippen LogP contribution in [0.1, 0.15) is 30.1 Å². The lowest BCUT2D eigenvalue weighted by atomic mass is 10.1. The molecule has 3 aromatic rings. The van der Waals surface area contributed by atoms with Gasteiger partial charge in [-0.1, -0.05) is 13.3 Å². The minimum absolute atomic E-state index is 0.0624. The Morgan fingerprint density at radius 3 is 2.39 bits per heavy atom. The van der Waals surface area contributed by atoms with Gasteiger partial charge in [-0.3, -0.25) is 14.7 Å². The normalized spacial score (nSPS) is 14.6. The quantitative estimate of drug-likeness (QED) is 0.606. The Kier molecular flexibility index (Phi) is 6.62. The number of benzene rings is 1. The number of aromatic nitrogens is 3. The molecule has 0 aliphatic carbocycles. The SMILES string of the molecule is CCCCN1CCN(C(=O)c2cnc(-c3ccc(F)cc3)nc2-c2ccncc2)CC1. The molecular formula is C24H26FN5O. The monoisotopic (exact) mass is 419 g/mol. The van der Waals surface area contributed by atoms with E-state index in [9.17, 15) is 9.18 Å². The van der Waals surface area contributed by atoms with Crippen LogP contribution in [-0.2, 0) is 0 Å². The van der Waals surface area contributed by atoms with Crippen LogP contribution in [0.2, 0.25) is 0 Å². The third-order valence-corrected chi connectivity index (χ3v) is 5.56. The van der Waals surface area contributed by atoms with E-state index in [1.54, 1.807) is 30.7 Å². The number of amides is 1. The van der Waals surface area contributed by atoms with Gasteiger partial charge in [0.15, 0.2) is 5.82 Å². The molecule has 1 amide bonds. The summed E-state index contributed by atoms with van der Waals surface area (Å²) in [5.41, 5.74) is 2.53. The molecule has 0 N–H and O–H groups in total. The molecule has 160 valence electrons. The maximum absolute atomic E-state index is 13.4. The Bertz CT molecular complexity index is 1020. The molecular weight excluding hydrogens is 393 g/mol. The average Bonchev–Trinajstić information content (AvgIpc) is 2.83. The van der Waals surface area contributed by atoms with Crippen LogP contribution in [0, 0.1) is 5.82 Å². The molecule has 6 nitrogen and oxygen atoms in total. The topological polar surface area (TPSA) is 62.2 Å². The lowest BCUT2D eigenvalue weighted by molar-refractivity contribution is 0.0635. The first-order valence-electron chi connectivity index (χ1n) is 10.7. The van der Waals surface area contributed by atoms with Gasteiger partial charge in [0.1, 0.15) is 5.82 Å². The number of hydrogen-bond acceptors (Lipinski definition) is 5. The summed E-state index contributed by atoms with van der Waals surface area (Å²) in [5.74, 6) is 0.0725. The summed E-state index contributed by atoms with van der Waals surface area (Å²) in [6.07, 6.45) is 7.30. The molecule has 0 saturated carbocycles. The summed E-state index contributed by atoms with van der Waals surface area (Å²) in [6.45, 7) is 6.41. The number of halogens is 1. The number of hydrogen-bond donors (Lipinski definition) is 0. The van der Waals surface area contributed by atoms with E-state index in [1.165, 1.54) is 25.0 Å². The van der Waals surface area contributed by atoms with Crippen LogP contribution in [-0.4, -0.2) is 63.4 Å². The Morgan fingerprint density at radius 1 is 1.00 bits per heavy atom. The third kappa shape index (κ3) is 4.94. The van der Waals surface area contributed by atoms with E-state index in [-0.39, 0.29) is 11.7 Å². The van der Waals surface area contributed by atoms with Crippen LogP contribution < -0.4 is 0 Å². The van der Waals surface area contributed by atoms with Crippen LogP contribution in [0.4, 0.5) is 4.39 Å². The Hall–Kier alpha value is -3.19. The third-order valence-electron chi connectivity index (χ3n) is 5.56. The van der Waals surface area contributed by atoms with E-state index < -0.39 is 0 Å². The lowest BCUT2D eigenvalue weighted by Gasteiger charge is -2.35. The highest BCUT2D eigenvalue weighted by molar-refractivity contribution is 6.00. The first kappa shape index (κ1) is 21.1. The molecule has 0 bridgehead atoms. The summed E-state index contributed by atoms with van der Waals surface area (Å²) in [4.78, 5) is 30.9. The maximum Gasteiger partial charge on any atom is 0.257 e. The molecule has 0 spiro atoms. The van der Waals surface area contributed by atoms with Gasteiger partial charge in [0.05, 0.1) is 11.3 Å². The zero-order valence-corrected chi connectivity index (χ0v) is 17.7. The van der Waals surface area contributed by atoms with E-state index in [1.807, 2.05) is 17.0 Å². The number of piperazine rings is 1. The molecule has 1 aromatic carbocycles. The van der Waals surface area contributed by atoms with Crippen molar-refractivity contribution in [1.82, 2.24) is 24.8 Å². The van der Waals surface area contributed by atoms with Gasteiger partial charge in [0.25, 0.3) is 5.91 Å². The van der Waals surface area contributed by atoms with Crippen LogP contribution in [0.5, 0.6) is 0 Å². The molecule has 1 aliphatic rings. The molecule has 0 atom stereocenters. The van der Waals surface area contributed by atoms with Crippen molar-refractivity contribution in [3.05, 3.63) is 66.4 Å². The predicted molar refractivity (Wildman–Crippen MR) is 118 cm³/mol. The summed E-state index contributed by atoms with van der Waals surface area (Å²) >= 11 is 0. The van der Waals surface area contributed by atoms with Gasteiger partial charge in [-0.05, 0) is 49.4 Å². The number of carbonyl (C=O) groups is 1.